The second-order valence-corrected chi connectivity index (χ2v) is 5.96. The van der Waals surface area contributed by atoms with Gasteiger partial charge in [0.25, 0.3) is 5.91 Å². The number of methoxy groups -OCH3 is 1. The van der Waals surface area contributed by atoms with Crippen LogP contribution in [0.2, 0.25) is 0 Å². The summed E-state index contributed by atoms with van der Waals surface area (Å²) < 4.78 is 11.1. The zero-order chi connectivity index (χ0) is 15.1. The van der Waals surface area contributed by atoms with Crippen LogP contribution < -0.4 is 15.2 Å². The molecular weight excluding hydrogens is 288 g/mol. The van der Waals surface area contributed by atoms with Crippen LogP contribution in [0.3, 0.4) is 0 Å². The molecule has 1 amide bonds. The lowest BCUT2D eigenvalue weighted by Gasteiger charge is -2.27. The quantitative estimate of drug-likeness (QED) is 0.809. The molecule has 6 heteroatoms. The van der Waals surface area contributed by atoms with Gasteiger partial charge in [-0.1, -0.05) is 6.07 Å². The van der Waals surface area contributed by atoms with Crippen LogP contribution in [0.5, 0.6) is 11.5 Å². The Morgan fingerprint density at radius 3 is 2.81 bits per heavy atom. The van der Waals surface area contributed by atoms with Crippen LogP contribution in [0.25, 0.3) is 0 Å². The van der Waals surface area contributed by atoms with Gasteiger partial charge < -0.3 is 20.1 Å². The zero-order valence-electron chi connectivity index (χ0n) is 12.3. The minimum absolute atomic E-state index is 0.0111. The maximum absolute atomic E-state index is 12.7. The predicted molar refractivity (Wildman–Crippen MR) is 85.4 cm³/mol. The van der Waals surface area contributed by atoms with Gasteiger partial charge in [-0.05, 0) is 25.1 Å². The van der Waals surface area contributed by atoms with Gasteiger partial charge in [0.15, 0.2) is 11.5 Å². The van der Waals surface area contributed by atoms with Gasteiger partial charge in [-0.3, -0.25) is 4.79 Å². The number of para-hydroxylation sites is 1. The molecule has 2 rings (SSSR count). The van der Waals surface area contributed by atoms with Gasteiger partial charge in [0.05, 0.1) is 19.3 Å². The summed E-state index contributed by atoms with van der Waals surface area (Å²) in [5.41, 5.74) is 6.06. The Morgan fingerprint density at radius 2 is 2.14 bits per heavy atom. The maximum atomic E-state index is 12.7. The van der Waals surface area contributed by atoms with Crippen LogP contribution in [-0.4, -0.2) is 55.7 Å². The minimum Gasteiger partial charge on any atom is -0.493 e. The summed E-state index contributed by atoms with van der Waals surface area (Å²) in [5, 5.41) is 0. The van der Waals surface area contributed by atoms with Gasteiger partial charge in [-0.25, -0.2) is 0 Å². The molecule has 1 aromatic carbocycles. The Balaban J connectivity index is 2.21. The van der Waals surface area contributed by atoms with Crippen molar-refractivity contribution in [2.45, 2.75) is 6.42 Å². The van der Waals surface area contributed by atoms with Crippen molar-refractivity contribution in [3.8, 4) is 11.5 Å². The fourth-order valence-corrected chi connectivity index (χ4v) is 3.09. The number of carbonyl (C=O) groups excluding carboxylic acids is 1. The van der Waals surface area contributed by atoms with Crippen LogP contribution in [0.1, 0.15) is 16.8 Å². The number of nitrogens with zero attached hydrogens (tertiary/aromatic N) is 1. The van der Waals surface area contributed by atoms with Gasteiger partial charge in [0.1, 0.15) is 0 Å². The van der Waals surface area contributed by atoms with Crippen molar-refractivity contribution in [1.82, 2.24) is 4.90 Å². The van der Waals surface area contributed by atoms with E-state index in [1.165, 1.54) is 0 Å². The van der Waals surface area contributed by atoms with Crippen LogP contribution in [-0.2, 0) is 0 Å². The molecule has 0 aliphatic carbocycles. The number of hydrogen-bond donors (Lipinski definition) is 1. The molecule has 1 heterocycles. The highest BCUT2D eigenvalue weighted by Crippen LogP contribution is 2.32. The molecule has 0 bridgehead atoms. The van der Waals surface area contributed by atoms with E-state index in [4.69, 9.17) is 15.2 Å². The van der Waals surface area contributed by atoms with Gasteiger partial charge in [0, 0.05) is 24.6 Å². The summed E-state index contributed by atoms with van der Waals surface area (Å²) in [6.45, 7) is 2.60. The molecule has 1 fully saturated rings. The predicted octanol–water partition coefficient (Wildman–Crippen LogP) is 1.61. The van der Waals surface area contributed by atoms with Crippen LogP contribution >= 0.6 is 11.8 Å². The second-order valence-electron chi connectivity index (χ2n) is 4.73. The molecule has 116 valence electrons. The van der Waals surface area contributed by atoms with Crippen LogP contribution in [0.15, 0.2) is 18.2 Å². The van der Waals surface area contributed by atoms with E-state index in [-0.39, 0.29) is 5.91 Å². The Hall–Kier alpha value is -1.40. The largest absolute Gasteiger partial charge is 0.493 e. The van der Waals surface area contributed by atoms with Gasteiger partial charge >= 0.3 is 0 Å². The van der Waals surface area contributed by atoms with E-state index in [2.05, 4.69) is 0 Å². The lowest BCUT2D eigenvalue weighted by atomic mass is 10.1. The fraction of sp³-hybridized carbons (Fsp3) is 0.533. The normalized spacial score (nSPS) is 14.9. The van der Waals surface area contributed by atoms with Crippen molar-refractivity contribution in [2.75, 3.05) is 44.9 Å². The molecule has 0 atom stereocenters. The average molecular weight is 310 g/mol. The molecule has 1 saturated heterocycles. The van der Waals surface area contributed by atoms with E-state index in [0.717, 1.165) is 31.0 Å². The first-order valence-electron chi connectivity index (χ1n) is 7.14. The number of nitrogens with two attached hydrogens (primary N) is 1. The van der Waals surface area contributed by atoms with Crippen molar-refractivity contribution in [3.63, 3.8) is 0 Å². The summed E-state index contributed by atoms with van der Waals surface area (Å²) in [6.07, 6.45) is 0.742. The molecule has 0 aromatic heterocycles. The molecule has 0 spiro atoms. The SMILES string of the molecule is COc1cccc(C(=O)N2CCSCC2)c1OCCCN. The highest BCUT2D eigenvalue weighted by Gasteiger charge is 2.23. The summed E-state index contributed by atoms with van der Waals surface area (Å²) in [5.74, 6) is 3.09. The molecule has 0 saturated carbocycles. The molecule has 5 nitrogen and oxygen atoms in total. The topological polar surface area (TPSA) is 64.8 Å². The first-order valence-corrected chi connectivity index (χ1v) is 8.30. The molecular formula is C15H22N2O3S. The fourth-order valence-electron chi connectivity index (χ4n) is 2.19. The number of hydrogen-bond acceptors (Lipinski definition) is 5. The second kappa shape index (κ2) is 8.14. The van der Waals surface area contributed by atoms with Gasteiger partial charge in [0.2, 0.25) is 0 Å². The molecule has 1 aliphatic rings. The number of thioether (sulfide) groups is 1. The maximum Gasteiger partial charge on any atom is 0.257 e. The van der Waals surface area contributed by atoms with E-state index < -0.39 is 0 Å². The van der Waals surface area contributed by atoms with E-state index in [9.17, 15) is 4.79 Å². The standard InChI is InChI=1S/C15H22N2O3S/c1-19-13-5-2-4-12(14(13)20-9-3-6-16)15(18)17-7-10-21-11-8-17/h2,4-5H,3,6-11,16H2,1H3. The summed E-state index contributed by atoms with van der Waals surface area (Å²) in [7, 11) is 1.58. The zero-order valence-corrected chi connectivity index (χ0v) is 13.2. The monoisotopic (exact) mass is 310 g/mol. The minimum atomic E-state index is 0.0111. The third-order valence-electron chi connectivity index (χ3n) is 3.32. The third kappa shape index (κ3) is 4.04. The van der Waals surface area contributed by atoms with E-state index in [1.807, 2.05) is 22.7 Å². The van der Waals surface area contributed by atoms with Crippen LogP contribution in [0.4, 0.5) is 0 Å². The van der Waals surface area contributed by atoms with E-state index in [0.29, 0.717) is 30.2 Å². The van der Waals surface area contributed by atoms with Gasteiger partial charge in [-0.2, -0.15) is 11.8 Å². The van der Waals surface area contributed by atoms with Crippen LogP contribution in [0, 0.1) is 0 Å². The number of carbonyl (C=O) groups is 1. The lowest BCUT2D eigenvalue weighted by molar-refractivity contribution is 0.0767. The number of amides is 1. The number of benzene rings is 1. The smallest absolute Gasteiger partial charge is 0.257 e. The molecule has 21 heavy (non-hydrogen) atoms. The van der Waals surface area contributed by atoms with E-state index in [1.54, 1.807) is 19.2 Å². The number of rotatable bonds is 6. The first-order chi connectivity index (χ1) is 10.3. The lowest BCUT2D eigenvalue weighted by Crippen LogP contribution is -2.38. The molecule has 1 aliphatic heterocycles. The highest BCUT2D eigenvalue weighted by atomic mass is 32.2. The number of ether oxygens (including phenoxy) is 2. The van der Waals surface area contributed by atoms with E-state index >= 15 is 0 Å². The summed E-state index contributed by atoms with van der Waals surface area (Å²) in [6, 6.07) is 5.42. The van der Waals surface area contributed by atoms with Crippen molar-refractivity contribution in [1.29, 1.82) is 0 Å². The third-order valence-corrected chi connectivity index (χ3v) is 4.26. The molecule has 0 unspecified atom stereocenters. The van der Waals surface area contributed by atoms with Crippen molar-refractivity contribution in [2.24, 2.45) is 5.73 Å². The molecule has 0 radical (unpaired) electrons. The first kappa shape index (κ1) is 16.0. The molecule has 1 aromatic rings. The summed E-state index contributed by atoms with van der Waals surface area (Å²) >= 11 is 1.88. The Kier molecular flexibility index (Phi) is 6.20. The molecule has 2 N–H and O–H groups in total. The Bertz CT molecular complexity index is 476. The van der Waals surface area contributed by atoms with Crippen molar-refractivity contribution in [3.05, 3.63) is 23.8 Å². The Morgan fingerprint density at radius 1 is 1.38 bits per heavy atom. The Labute approximate surface area is 129 Å². The van der Waals surface area contributed by atoms with Crippen molar-refractivity contribution >= 4 is 17.7 Å². The highest BCUT2D eigenvalue weighted by molar-refractivity contribution is 7.99. The van der Waals surface area contributed by atoms with Gasteiger partial charge in [-0.15, -0.1) is 0 Å². The average Bonchev–Trinajstić information content (AvgIpc) is 2.55. The summed E-state index contributed by atoms with van der Waals surface area (Å²) in [4.78, 5) is 14.6. The van der Waals surface area contributed by atoms with Crippen molar-refractivity contribution < 1.29 is 14.3 Å².